The predicted octanol–water partition coefficient (Wildman–Crippen LogP) is 3.51. The Labute approximate surface area is 134 Å². The van der Waals surface area contributed by atoms with Crippen molar-refractivity contribution in [3.63, 3.8) is 0 Å². The molecule has 6 heteroatoms. The lowest BCUT2D eigenvalue weighted by Gasteiger charge is -2.12. The van der Waals surface area contributed by atoms with E-state index in [9.17, 15) is 4.79 Å². The summed E-state index contributed by atoms with van der Waals surface area (Å²) in [5.74, 6) is 1.04. The minimum atomic E-state index is -0.236. The largest absolute Gasteiger partial charge is 0.490 e. The van der Waals surface area contributed by atoms with Gasteiger partial charge in [-0.15, -0.1) is 0 Å². The molecule has 0 spiro atoms. The number of rotatable bonds is 4. The minimum absolute atomic E-state index is 0.00568. The van der Waals surface area contributed by atoms with E-state index in [4.69, 9.17) is 9.15 Å². The number of carbonyl (C=O) groups is 1. The molecule has 2 heterocycles. The number of nitrogens with zero attached hydrogens (tertiary/aromatic N) is 2. The van der Waals surface area contributed by atoms with Gasteiger partial charge in [-0.3, -0.25) is 9.48 Å². The van der Waals surface area contributed by atoms with E-state index in [1.807, 2.05) is 32.9 Å². The molecule has 3 rings (SSSR count). The fraction of sp³-hybridized carbons (Fsp3) is 0.294. The molecule has 0 radical (unpaired) electrons. The van der Waals surface area contributed by atoms with E-state index in [1.54, 1.807) is 30.1 Å². The van der Waals surface area contributed by atoms with Gasteiger partial charge < -0.3 is 14.5 Å². The van der Waals surface area contributed by atoms with Crippen molar-refractivity contribution in [2.24, 2.45) is 7.05 Å². The van der Waals surface area contributed by atoms with E-state index in [0.717, 1.165) is 11.1 Å². The number of hydrogen-bond donors (Lipinski definition) is 1. The Hall–Kier alpha value is -2.76. The smallest absolute Gasteiger partial charge is 0.257 e. The maximum atomic E-state index is 12.5. The summed E-state index contributed by atoms with van der Waals surface area (Å²) in [7, 11) is 1.78. The van der Waals surface area contributed by atoms with Crippen LogP contribution in [0.3, 0.4) is 0 Å². The predicted molar refractivity (Wildman–Crippen MR) is 87.9 cm³/mol. The van der Waals surface area contributed by atoms with Crippen LogP contribution in [-0.2, 0) is 7.05 Å². The number of hydrogen-bond acceptors (Lipinski definition) is 4. The van der Waals surface area contributed by atoms with Gasteiger partial charge in [0.15, 0.2) is 0 Å². The van der Waals surface area contributed by atoms with Crippen LogP contribution in [0.15, 0.2) is 34.9 Å². The molecule has 0 aliphatic carbocycles. The van der Waals surface area contributed by atoms with E-state index in [-0.39, 0.29) is 12.0 Å². The molecule has 23 heavy (non-hydrogen) atoms. The molecule has 3 aromatic rings. The molecule has 2 aromatic heterocycles. The zero-order chi connectivity index (χ0) is 16.6. The van der Waals surface area contributed by atoms with Crippen LogP contribution >= 0.6 is 0 Å². The Kier molecular flexibility index (Phi) is 3.82. The van der Waals surface area contributed by atoms with Gasteiger partial charge in [0.1, 0.15) is 17.2 Å². The maximum Gasteiger partial charge on any atom is 0.257 e. The van der Waals surface area contributed by atoms with Crippen LogP contribution in [0.25, 0.3) is 11.0 Å². The van der Waals surface area contributed by atoms with Gasteiger partial charge in [0.25, 0.3) is 5.91 Å². The first-order valence-corrected chi connectivity index (χ1v) is 7.44. The minimum Gasteiger partial charge on any atom is -0.490 e. The highest BCUT2D eigenvalue weighted by Gasteiger charge is 2.15. The molecule has 1 N–H and O–H groups in total. The topological polar surface area (TPSA) is 69.3 Å². The molecule has 120 valence electrons. The summed E-state index contributed by atoms with van der Waals surface area (Å²) < 4.78 is 12.9. The first-order valence-electron chi connectivity index (χ1n) is 7.44. The first kappa shape index (κ1) is 15.1. The van der Waals surface area contributed by atoms with Crippen LogP contribution in [0.2, 0.25) is 0 Å². The fourth-order valence-corrected chi connectivity index (χ4v) is 2.44. The van der Waals surface area contributed by atoms with Gasteiger partial charge in [0.2, 0.25) is 0 Å². The third-order valence-corrected chi connectivity index (χ3v) is 3.40. The number of amides is 1. The third-order valence-electron chi connectivity index (χ3n) is 3.40. The van der Waals surface area contributed by atoms with Gasteiger partial charge >= 0.3 is 0 Å². The van der Waals surface area contributed by atoms with Crippen LogP contribution in [0, 0.1) is 6.92 Å². The molecule has 1 aromatic carbocycles. The van der Waals surface area contributed by atoms with E-state index >= 15 is 0 Å². The van der Waals surface area contributed by atoms with Gasteiger partial charge in [-0.05, 0) is 39.0 Å². The zero-order valence-corrected chi connectivity index (χ0v) is 13.6. The van der Waals surface area contributed by atoms with E-state index in [0.29, 0.717) is 22.7 Å². The molecular formula is C17H19N3O3. The summed E-state index contributed by atoms with van der Waals surface area (Å²) in [4.78, 5) is 12.5. The van der Waals surface area contributed by atoms with Crippen molar-refractivity contribution < 1.29 is 13.9 Å². The number of aryl methyl sites for hydroxylation is 2. The Morgan fingerprint density at radius 3 is 2.78 bits per heavy atom. The maximum absolute atomic E-state index is 12.5. The summed E-state index contributed by atoms with van der Waals surface area (Å²) in [6.45, 7) is 5.76. The molecule has 1 amide bonds. The molecule has 0 atom stereocenters. The summed E-state index contributed by atoms with van der Waals surface area (Å²) in [6, 6.07) is 7.09. The van der Waals surface area contributed by atoms with Crippen LogP contribution in [-0.4, -0.2) is 21.8 Å². The van der Waals surface area contributed by atoms with Crippen molar-refractivity contribution in [1.29, 1.82) is 0 Å². The van der Waals surface area contributed by atoms with Gasteiger partial charge in [-0.2, -0.15) is 5.10 Å². The summed E-state index contributed by atoms with van der Waals surface area (Å²) in [5.41, 5.74) is 1.93. The molecule has 6 nitrogen and oxygen atoms in total. The van der Waals surface area contributed by atoms with E-state index < -0.39 is 0 Å². The number of fused-ring (bicyclic) bond motifs is 1. The molecule has 0 fully saturated rings. The number of anilines is 1. The number of furan rings is 1. The van der Waals surface area contributed by atoms with Crippen molar-refractivity contribution in [2.75, 3.05) is 5.32 Å². The molecule has 0 saturated heterocycles. The van der Waals surface area contributed by atoms with Crippen LogP contribution in [0.4, 0.5) is 5.82 Å². The number of nitrogens with one attached hydrogen (secondary N) is 1. The van der Waals surface area contributed by atoms with Crippen molar-refractivity contribution >= 4 is 22.7 Å². The van der Waals surface area contributed by atoms with Gasteiger partial charge in [-0.1, -0.05) is 0 Å². The highest BCUT2D eigenvalue weighted by Crippen LogP contribution is 2.30. The second-order valence-corrected chi connectivity index (χ2v) is 5.72. The quantitative estimate of drug-likeness (QED) is 0.800. The average molecular weight is 313 g/mol. The Morgan fingerprint density at radius 1 is 1.35 bits per heavy atom. The highest BCUT2D eigenvalue weighted by molar-refractivity contribution is 6.06. The normalized spacial score (nSPS) is 11.2. The number of aromatic nitrogens is 2. The van der Waals surface area contributed by atoms with Crippen molar-refractivity contribution in [3.8, 4) is 5.75 Å². The van der Waals surface area contributed by atoms with Gasteiger partial charge in [-0.25, -0.2) is 0 Å². The number of ether oxygens (including phenoxy) is 1. The third kappa shape index (κ3) is 3.06. The summed E-state index contributed by atoms with van der Waals surface area (Å²) >= 11 is 0. The first-order chi connectivity index (χ1) is 10.9. The van der Waals surface area contributed by atoms with E-state index in [1.165, 1.54) is 0 Å². The second kappa shape index (κ2) is 5.79. The van der Waals surface area contributed by atoms with Crippen LogP contribution in [0.1, 0.15) is 29.9 Å². The van der Waals surface area contributed by atoms with Crippen molar-refractivity contribution in [3.05, 3.63) is 41.8 Å². The fourth-order valence-electron chi connectivity index (χ4n) is 2.44. The van der Waals surface area contributed by atoms with Crippen molar-refractivity contribution in [2.45, 2.75) is 26.9 Å². The summed E-state index contributed by atoms with van der Waals surface area (Å²) in [6.07, 6.45) is 1.59. The molecule has 0 aliphatic rings. The summed E-state index contributed by atoms with van der Waals surface area (Å²) in [5, 5.41) is 7.92. The Morgan fingerprint density at radius 2 is 2.13 bits per heavy atom. The average Bonchev–Trinajstić information content (AvgIpc) is 3.05. The molecular weight excluding hydrogens is 294 g/mol. The SMILES string of the molecule is Cc1cc(NC(=O)c2cc(OC(C)C)c3ccoc3c2)n(C)n1. The second-order valence-electron chi connectivity index (χ2n) is 5.72. The molecule has 0 aliphatic heterocycles. The Balaban J connectivity index is 1.95. The molecule has 0 bridgehead atoms. The Bertz CT molecular complexity index is 861. The lowest BCUT2D eigenvalue weighted by atomic mass is 10.1. The number of carbonyl (C=O) groups excluding carboxylic acids is 1. The zero-order valence-electron chi connectivity index (χ0n) is 13.6. The van der Waals surface area contributed by atoms with E-state index in [2.05, 4.69) is 10.4 Å². The molecule has 0 saturated carbocycles. The lowest BCUT2D eigenvalue weighted by Crippen LogP contribution is -2.15. The standard InChI is InChI=1S/C17H19N3O3/c1-10(2)23-15-9-12(8-14-13(15)5-6-22-14)17(21)18-16-7-11(3)19-20(16)4/h5-10H,1-4H3,(H,18,21). The highest BCUT2D eigenvalue weighted by atomic mass is 16.5. The van der Waals surface area contributed by atoms with Gasteiger partial charge in [0.05, 0.1) is 23.4 Å². The van der Waals surface area contributed by atoms with Crippen molar-refractivity contribution in [1.82, 2.24) is 9.78 Å². The number of benzene rings is 1. The van der Waals surface area contributed by atoms with Crippen LogP contribution in [0.5, 0.6) is 5.75 Å². The molecule has 0 unspecified atom stereocenters. The van der Waals surface area contributed by atoms with Gasteiger partial charge in [0, 0.05) is 18.7 Å². The lowest BCUT2D eigenvalue weighted by molar-refractivity contribution is 0.102. The monoisotopic (exact) mass is 313 g/mol. The van der Waals surface area contributed by atoms with Crippen LogP contribution < -0.4 is 10.1 Å².